The molecule has 0 atom stereocenters. The molecule has 0 saturated heterocycles. The zero-order valence-corrected chi connectivity index (χ0v) is 10.4. The number of likely N-dealkylation sites (N-methyl/N-ethyl adjacent to an activating group) is 1. The Labute approximate surface area is 104 Å². The van der Waals surface area contributed by atoms with Crippen molar-refractivity contribution in [3.63, 3.8) is 0 Å². The number of primary amides is 1. The van der Waals surface area contributed by atoms with Crippen LogP contribution in [0.5, 0.6) is 0 Å². The van der Waals surface area contributed by atoms with Gasteiger partial charge in [0, 0.05) is 20.2 Å². The molecule has 3 amide bonds. The number of hydrogen-bond acceptors (Lipinski definition) is 4. The Kier molecular flexibility index (Phi) is 5.12. The first-order valence-electron chi connectivity index (χ1n) is 5.48. The molecule has 100 valence electrons. The Morgan fingerprint density at radius 2 is 2.33 bits per heavy atom. The van der Waals surface area contributed by atoms with E-state index in [-0.39, 0.29) is 17.4 Å². The second-order valence-corrected chi connectivity index (χ2v) is 3.53. The lowest BCUT2D eigenvalue weighted by Gasteiger charge is -2.20. The van der Waals surface area contributed by atoms with E-state index in [4.69, 9.17) is 10.5 Å². The first-order chi connectivity index (χ1) is 8.60. The van der Waals surface area contributed by atoms with E-state index in [9.17, 15) is 9.59 Å². The molecule has 8 nitrogen and oxygen atoms in total. The van der Waals surface area contributed by atoms with Crippen molar-refractivity contribution in [1.82, 2.24) is 15.1 Å². The number of rotatable bonds is 6. The molecule has 0 radical (unpaired) electrons. The van der Waals surface area contributed by atoms with Gasteiger partial charge >= 0.3 is 6.03 Å². The molecule has 8 heteroatoms. The van der Waals surface area contributed by atoms with Gasteiger partial charge in [-0.3, -0.25) is 9.89 Å². The van der Waals surface area contributed by atoms with Gasteiger partial charge in [0.25, 0.3) is 5.91 Å². The van der Waals surface area contributed by atoms with Crippen molar-refractivity contribution in [2.24, 2.45) is 5.73 Å². The number of urea groups is 1. The van der Waals surface area contributed by atoms with Crippen molar-refractivity contribution >= 4 is 17.6 Å². The third-order valence-corrected chi connectivity index (χ3v) is 2.36. The van der Waals surface area contributed by atoms with Gasteiger partial charge in [-0.1, -0.05) is 0 Å². The number of nitrogens with zero attached hydrogens (tertiary/aromatic N) is 2. The molecule has 0 fully saturated rings. The highest BCUT2D eigenvalue weighted by molar-refractivity contribution is 6.00. The van der Waals surface area contributed by atoms with Gasteiger partial charge in [-0.25, -0.2) is 4.79 Å². The van der Waals surface area contributed by atoms with Crippen molar-refractivity contribution in [3.8, 4) is 0 Å². The minimum Gasteiger partial charge on any atom is -0.383 e. The molecule has 0 unspecified atom stereocenters. The Balaban J connectivity index is 2.67. The summed E-state index contributed by atoms with van der Waals surface area (Å²) in [4.78, 5) is 24.5. The van der Waals surface area contributed by atoms with Crippen LogP contribution in [0.1, 0.15) is 17.4 Å². The molecule has 1 heterocycles. The molecule has 0 saturated carbocycles. The fourth-order valence-electron chi connectivity index (χ4n) is 1.37. The molecule has 0 aromatic carbocycles. The number of anilines is 1. The van der Waals surface area contributed by atoms with Gasteiger partial charge in [-0.2, -0.15) is 5.10 Å². The monoisotopic (exact) mass is 255 g/mol. The second-order valence-electron chi connectivity index (χ2n) is 3.53. The number of ether oxygens (including phenoxy) is 1. The van der Waals surface area contributed by atoms with Gasteiger partial charge in [0.2, 0.25) is 0 Å². The van der Waals surface area contributed by atoms with Crippen LogP contribution in [0, 0.1) is 0 Å². The van der Waals surface area contributed by atoms with Crippen LogP contribution < -0.4 is 11.1 Å². The minimum absolute atomic E-state index is 0.0751. The van der Waals surface area contributed by atoms with Crippen LogP contribution in [0.15, 0.2) is 6.20 Å². The summed E-state index contributed by atoms with van der Waals surface area (Å²) in [7, 11) is 1.56. The number of nitrogens with one attached hydrogen (secondary N) is 2. The fourth-order valence-corrected chi connectivity index (χ4v) is 1.37. The van der Waals surface area contributed by atoms with E-state index < -0.39 is 5.91 Å². The number of amides is 3. The quantitative estimate of drug-likeness (QED) is 0.664. The average Bonchev–Trinajstić information content (AvgIpc) is 2.78. The van der Waals surface area contributed by atoms with Crippen LogP contribution in [-0.2, 0) is 4.74 Å². The summed E-state index contributed by atoms with van der Waals surface area (Å²) in [5, 5.41) is 8.66. The van der Waals surface area contributed by atoms with E-state index in [1.165, 1.54) is 6.20 Å². The molecule has 0 aliphatic carbocycles. The Hall–Kier alpha value is -2.09. The molecule has 0 bridgehead atoms. The van der Waals surface area contributed by atoms with E-state index >= 15 is 0 Å². The minimum atomic E-state index is -0.678. The summed E-state index contributed by atoms with van der Waals surface area (Å²) in [5.74, 6) is -0.678. The second kappa shape index (κ2) is 6.60. The number of carbonyl (C=O) groups excluding carboxylic acids is 2. The maximum Gasteiger partial charge on any atom is 0.322 e. The highest BCUT2D eigenvalue weighted by Crippen LogP contribution is 2.11. The van der Waals surface area contributed by atoms with Gasteiger partial charge in [0.1, 0.15) is 5.69 Å². The highest BCUT2D eigenvalue weighted by atomic mass is 16.5. The molecule has 1 rings (SSSR count). The number of carbonyl (C=O) groups is 2. The Morgan fingerprint density at radius 3 is 2.89 bits per heavy atom. The molecule has 1 aromatic rings. The molecular weight excluding hydrogens is 238 g/mol. The predicted octanol–water partition coefficient (Wildman–Crippen LogP) is 0.00880. The van der Waals surface area contributed by atoms with E-state index in [1.54, 1.807) is 12.0 Å². The normalized spacial score (nSPS) is 10.1. The molecule has 0 aliphatic heterocycles. The maximum absolute atomic E-state index is 11.9. The third kappa shape index (κ3) is 3.45. The number of nitrogens with two attached hydrogens (primary N) is 1. The maximum atomic E-state index is 11.9. The van der Waals surface area contributed by atoms with Crippen LogP contribution in [0.25, 0.3) is 0 Å². The first kappa shape index (κ1) is 14.0. The molecule has 1 aromatic heterocycles. The standard InChI is InChI=1S/C10H17N5O3/c1-3-15(4-5-18-2)10(17)13-7-6-12-14-8(7)9(11)16/h6H,3-5H2,1-2H3,(H2,11,16)(H,12,14)(H,13,17). The zero-order valence-electron chi connectivity index (χ0n) is 10.4. The topological polar surface area (TPSA) is 113 Å². The molecule has 18 heavy (non-hydrogen) atoms. The molecule has 4 N–H and O–H groups in total. The lowest BCUT2D eigenvalue weighted by atomic mass is 10.3. The van der Waals surface area contributed by atoms with E-state index in [1.807, 2.05) is 6.92 Å². The molecule has 0 spiro atoms. The summed E-state index contributed by atoms with van der Waals surface area (Å²) >= 11 is 0. The fraction of sp³-hybridized carbons (Fsp3) is 0.500. The summed E-state index contributed by atoms with van der Waals surface area (Å²) in [5.41, 5.74) is 5.47. The van der Waals surface area contributed by atoms with Gasteiger partial charge in [-0.05, 0) is 6.92 Å². The molecule has 0 aliphatic rings. The summed E-state index contributed by atoms with van der Waals surface area (Å²) in [6.07, 6.45) is 1.34. The van der Waals surface area contributed by atoms with Gasteiger partial charge < -0.3 is 20.7 Å². The van der Waals surface area contributed by atoms with Crippen molar-refractivity contribution in [2.75, 3.05) is 32.1 Å². The lowest BCUT2D eigenvalue weighted by molar-refractivity contribution is 0.0996. The van der Waals surface area contributed by atoms with Crippen LogP contribution in [0.3, 0.4) is 0 Å². The Bertz CT molecular complexity index is 417. The summed E-state index contributed by atoms with van der Waals surface area (Å²) in [6, 6.07) is -0.335. The van der Waals surface area contributed by atoms with Gasteiger partial charge in [0.15, 0.2) is 0 Å². The number of hydrogen-bond donors (Lipinski definition) is 3. The third-order valence-electron chi connectivity index (χ3n) is 2.36. The van der Waals surface area contributed by atoms with E-state index in [2.05, 4.69) is 15.5 Å². The SMILES string of the molecule is CCN(CCOC)C(=O)Nc1cn[nH]c1C(N)=O. The Morgan fingerprint density at radius 1 is 1.61 bits per heavy atom. The largest absolute Gasteiger partial charge is 0.383 e. The predicted molar refractivity (Wildman–Crippen MR) is 65.2 cm³/mol. The van der Waals surface area contributed by atoms with Crippen molar-refractivity contribution in [1.29, 1.82) is 0 Å². The van der Waals surface area contributed by atoms with Crippen LogP contribution in [0.2, 0.25) is 0 Å². The number of methoxy groups -OCH3 is 1. The number of aromatic amines is 1. The van der Waals surface area contributed by atoms with Crippen LogP contribution in [-0.4, -0.2) is 53.8 Å². The van der Waals surface area contributed by atoms with Crippen LogP contribution in [0.4, 0.5) is 10.5 Å². The van der Waals surface area contributed by atoms with Crippen molar-refractivity contribution in [3.05, 3.63) is 11.9 Å². The lowest BCUT2D eigenvalue weighted by Crippen LogP contribution is -2.37. The average molecular weight is 255 g/mol. The van der Waals surface area contributed by atoms with Gasteiger partial charge in [0.05, 0.1) is 18.5 Å². The van der Waals surface area contributed by atoms with E-state index in [0.717, 1.165) is 0 Å². The summed E-state index contributed by atoms with van der Waals surface area (Å²) < 4.78 is 4.91. The van der Waals surface area contributed by atoms with Crippen molar-refractivity contribution < 1.29 is 14.3 Å². The zero-order chi connectivity index (χ0) is 13.5. The molecular formula is C10H17N5O3. The summed E-state index contributed by atoms with van der Waals surface area (Å²) in [6.45, 7) is 3.27. The first-order valence-corrected chi connectivity index (χ1v) is 5.48. The van der Waals surface area contributed by atoms with Crippen molar-refractivity contribution in [2.45, 2.75) is 6.92 Å². The van der Waals surface area contributed by atoms with E-state index in [0.29, 0.717) is 19.7 Å². The highest BCUT2D eigenvalue weighted by Gasteiger charge is 2.16. The van der Waals surface area contributed by atoms with Crippen LogP contribution >= 0.6 is 0 Å². The van der Waals surface area contributed by atoms with Gasteiger partial charge in [-0.15, -0.1) is 0 Å². The number of aromatic nitrogens is 2. The number of H-pyrrole nitrogens is 1. The smallest absolute Gasteiger partial charge is 0.322 e.